The number of hydrogen-bond acceptors (Lipinski definition) is 9. The van der Waals surface area contributed by atoms with E-state index in [2.05, 4.69) is 41.5 Å². The van der Waals surface area contributed by atoms with Gasteiger partial charge >= 0.3 is 5.97 Å². The summed E-state index contributed by atoms with van der Waals surface area (Å²) in [6, 6.07) is 0. The number of aliphatic carboxylic acids is 1. The molecule has 1 heterocycles. The number of allylic oxidation sites excluding steroid dienone is 2. The molecule has 10 nitrogen and oxygen atoms in total. The number of fused-ring (bicyclic) bond motifs is 7. The molecule has 0 aromatic heterocycles. The summed E-state index contributed by atoms with van der Waals surface area (Å²) < 4.78 is 12.1. The van der Waals surface area contributed by atoms with E-state index in [0.29, 0.717) is 32.1 Å². The predicted octanol–water partition coefficient (Wildman–Crippen LogP) is 3.21. The Morgan fingerprint density at radius 2 is 1.59 bits per heavy atom. The van der Waals surface area contributed by atoms with Crippen LogP contribution in [0.5, 0.6) is 0 Å². The first-order valence-corrected chi connectivity index (χ1v) is 17.3. The number of carboxylic acid groups (broad SMARTS) is 1. The van der Waals surface area contributed by atoms with E-state index in [1.807, 2.05) is 13.0 Å². The van der Waals surface area contributed by atoms with Crippen molar-refractivity contribution in [2.24, 2.45) is 50.2 Å². The molecule has 0 bridgehead atoms. The van der Waals surface area contributed by atoms with E-state index in [-0.39, 0.29) is 23.0 Å². The van der Waals surface area contributed by atoms with Gasteiger partial charge in [-0.25, -0.2) is 0 Å². The first kappa shape index (κ1) is 34.5. The van der Waals surface area contributed by atoms with E-state index < -0.39 is 88.5 Å². The zero-order valence-corrected chi connectivity index (χ0v) is 28.5. The van der Waals surface area contributed by atoms with Crippen molar-refractivity contribution in [1.82, 2.24) is 0 Å². The van der Waals surface area contributed by atoms with Crippen LogP contribution in [0.4, 0.5) is 0 Å². The van der Waals surface area contributed by atoms with Gasteiger partial charge in [0, 0.05) is 11.3 Å². The zero-order valence-electron chi connectivity index (χ0n) is 28.5. The number of rotatable bonds is 4. The molecule has 0 aromatic carbocycles. The fraction of sp³-hybridized carbons (Fsp3) is 0.889. The normalized spacial score (nSPS) is 54.9. The van der Waals surface area contributed by atoms with Crippen LogP contribution < -0.4 is 0 Å². The Bertz CT molecular complexity index is 1300. The van der Waals surface area contributed by atoms with Crippen molar-refractivity contribution in [1.29, 1.82) is 0 Å². The van der Waals surface area contributed by atoms with Gasteiger partial charge in [-0.05, 0) is 97.9 Å². The Morgan fingerprint density at radius 1 is 0.935 bits per heavy atom. The molecule has 0 radical (unpaired) electrons. The second kappa shape index (κ2) is 10.8. The molecule has 6 aliphatic rings. The number of aliphatic hydroxyl groups is 5. The average molecular weight is 649 g/mol. The van der Waals surface area contributed by atoms with Crippen LogP contribution in [-0.4, -0.2) is 91.9 Å². The third-order valence-corrected chi connectivity index (χ3v) is 15.3. The van der Waals surface area contributed by atoms with Crippen molar-refractivity contribution in [3.05, 3.63) is 11.6 Å². The minimum atomic E-state index is -1.54. The Balaban J connectivity index is 1.34. The standard InChI is InChI=1S/C36H56O10/c1-31(2)22-15-23(39)36(7)28(34(22,5)9-8-24(31)46-29-27(42)26(41)25(40)21(17-37)45-29)20(38)14-18-19-16-33(4,30(43)44)11-10-32(19,3)12-13-35(18,36)6/h14,19,21-29,37,39-42H,8-13,15-17H2,1-7H3,(H,43,44)/t19-,21+,22-,23-,24-,25+,26-,27+,28?,29-,32+,33-,34-,35+,36+/m0/s1. The molecule has 6 rings (SSSR count). The second-order valence-corrected chi connectivity index (χ2v) is 17.8. The lowest BCUT2D eigenvalue weighted by molar-refractivity contribution is -0.331. The molecular formula is C36H56O10. The molecule has 0 aromatic rings. The summed E-state index contributed by atoms with van der Waals surface area (Å²) >= 11 is 0. The molecule has 6 N–H and O–H groups in total. The van der Waals surface area contributed by atoms with E-state index in [1.165, 1.54) is 0 Å². The van der Waals surface area contributed by atoms with Crippen molar-refractivity contribution >= 4 is 11.8 Å². The zero-order chi connectivity index (χ0) is 34.0. The molecule has 46 heavy (non-hydrogen) atoms. The Hall–Kier alpha value is -1.40. The maximum Gasteiger partial charge on any atom is 0.309 e. The minimum Gasteiger partial charge on any atom is -0.481 e. The Kier molecular flexibility index (Phi) is 8.09. The molecule has 10 heteroatoms. The summed E-state index contributed by atoms with van der Waals surface area (Å²) in [6.45, 7) is 14.2. The first-order valence-electron chi connectivity index (χ1n) is 17.3. The predicted molar refractivity (Wildman–Crippen MR) is 167 cm³/mol. The lowest BCUT2D eigenvalue weighted by atomic mass is 9.33. The van der Waals surface area contributed by atoms with Gasteiger partial charge in [0.25, 0.3) is 0 Å². The fourth-order valence-corrected chi connectivity index (χ4v) is 11.9. The molecule has 5 fully saturated rings. The molecule has 5 aliphatic carbocycles. The van der Waals surface area contributed by atoms with Gasteiger partial charge in [-0.3, -0.25) is 9.59 Å². The first-order chi connectivity index (χ1) is 21.2. The number of ether oxygens (including phenoxy) is 2. The summed E-state index contributed by atoms with van der Waals surface area (Å²) in [4.78, 5) is 27.0. The van der Waals surface area contributed by atoms with Crippen LogP contribution in [-0.2, 0) is 19.1 Å². The molecule has 0 amide bonds. The molecule has 15 atom stereocenters. The molecule has 260 valence electrons. The SMILES string of the molecule is CC1(C)[C@@H](O[C@@H]2O[C@H](CO)[C@@H](O)[C@H](O)[C@H]2O)CC[C@]2(C)C3C(=O)C=C4[C@@H]5C[C@@](C)(C(=O)O)CC[C@]5(C)CC[C@@]4(C)[C@]3(C)[C@@H](O)C[C@@H]12. The lowest BCUT2D eigenvalue weighted by Gasteiger charge is -2.71. The lowest BCUT2D eigenvalue weighted by Crippen LogP contribution is -2.71. The van der Waals surface area contributed by atoms with Crippen LogP contribution in [0.25, 0.3) is 0 Å². The van der Waals surface area contributed by atoms with Crippen molar-refractivity contribution in [2.75, 3.05) is 6.61 Å². The van der Waals surface area contributed by atoms with Gasteiger partial charge in [0.2, 0.25) is 0 Å². The third kappa shape index (κ3) is 4.46. The number of carboxylic acids is 1. The highest BCUT2D eigenvalue weighted by Crippen LogP contribution is 2.75. The average Bonchev–Trinajstić information content (AvgIpc) is 2.98. The second-order valence-electron chi connectivity index (χ2n) is 17.8. The van der Waals surface area contributed by atoms with Crippen molar-refractivity contribution in [3.8, 4) is 0 Å². The van der Waals surface area contributed by atoms with Crippen LogP contribution in [0.15, 0.2) is 11.6 Å². The summed E-state index contributed by atoms with van der Waals surface area (Å²) in [5, 5.41) is 63.5. The van der Waals surface area contributed by atoms with Crippen molar-refractivity contribution in [2.45, 2.75) is 143 Å². The number of carbonyl (C=O) groups excluding carboxylic acids is 1. The van der Waals surface area contributed by atoms with Gasteiger partial charge < -0.3 is 40.1 Å². The molecule has 1 saturated heterocycles. The third-order valence-electron chi connectivity index (χ3n) is 15.3. The van der Waals surface area contributed by atoms with Gasteiger partial charge in [0.15, 0.2) is 12.1 Å². The molecular weight excluding hydrogens is 592 g/mol. The van der Waals surface area contributed by atoms with E-state index in [0.717, 1.165) is 24.8 Å². The smallest absolute Gasteiger partial charge is 0.309 e. The summed E-state index contributed by atoms with van der Waals surface area (Å²) in [7, 11) is 0. The van der Waals surface area contributed by atoms with Gasteiger partial charge in [-0.1, -0.05) is 47.1 Å². The molecule has 1 aliphatic heterocycles. The van der Waals surface area contributed by atoms with Gasteiger partial charge in [0.05, 0.1) is 24.2 Å². The Labute approximate surface area is 272 Å². The van der Waals surface area contributed by atoms with Crippen molar-refractivity contribution in [3.63, 3.8) is 0 Å². The quantitative estimate of drug-likeness (QED) is 0.249. The van der Waals surface area contributed by atoms with Crippen LogP contribution in [0, 0.1) is 50.2 Å². The monoisotopic (exact) mass is 648 g/mol. The Morgan fingerprint density at radius 3 is 2.22 bits per heavy atom. The maximum absolute atomic E-state index is 14.6. The van der Waals surface area contributed by atoms with Crippen LogP contribution >= 0.6 is 0 Å². The van der Waals surface area contributed by atoms with Crippen LogP contribution in [0.1, 0.15) is 99.8 Å². The summed E-state index contributed by atoms with van der Waals surface area (Å²) in [5.41, 5.74) is -2.17. The molecule has 0 spiro atoms. The maximum atomic E-state index is 14.6. The highest BCUT2D eigenvalue weighted by molar-refractivity contribution is 5.96. The van der Waals surface area contributed by atoms with Crippen LogP contribution in [0.2, 0.25) is 0 Å². The van der Waals surface area contributed by atoms with E-state index in [4.69, 9.17) is 9.47 Å². The van der Waals surface area contributed by atoms with E-state index >= 15 is 0 Å². The van der Waals surface area contributed by atoms with Crippen molar-refractivity contribution < 1.29 is 49.7 Å². The van der Waals surface area contributed by atoms with Crippen LogP contribution in [0.3, 0.4) is 0 Å². The number of aliphatic hydroxyl groups excluding tert-OH is 5. The topological polar surface area (TPSA) is 174 Å². The van der Waals surface area contributed by atoms with E-state index in [9.17, 15) is 40.2 Å². The highest BCUT2D eigenvalue weighted by atomic mass is 16.7. The van der Waals surface area contributed by atoms with Gasteiger partial charge in [-0.2, -0.15) is 0 Å². The van der Waals surface area contributed by atoms with E-state index in [1.54, 1.807) is 0 Å². The van der Waals surface area contributed by atoms with Gasteiger partial charge in [0.1, 0.15) is 24.4 Å². The molecule has 4 saturated carbocycles. The highest BCUT2D eigenvalue weighted by Gasteiger charge is 2.73. The minimum absolute atomic E-state index is 0.0252. The summed E-state index contributed by atoms with van der Waals surface area (Å²) in [5.74, 6) is -1.38. The number of ketones is 1. The van der Waals surface area contributed by atoms with Gasteiger partial charge in [-0.15, -0.1) is 0 Å². The largest absolute Gasteiger partial charge is 0.481 e. The fourth-order valence-electron chi connectivity index (χ4n) is 11.9. The number of hydrogen-bond donors (Lipinski definition) is 6. The summed E-state index contributed by atoms with van der Waals surface area (Å²) in [6.07, 6.45) is -0.919. The molecule has 1 unspecified atom stereocenters. The number of carbonyl (C=O) groups is 2.